The van der Waals surface area contributed by atoms with Gasteiger partial charge in [-0.1, -0.05) is 28.1 Å². The topological polar surface area (TPSA) is 32.3 Å². The summed E-state index contributed by atoms with van der Waals surface area (Å²) in [7, 11) is 0. The van der Waals surface area contributed by atoms with Gasteiger partial charge in [-0.05, 0) is 76.1 Å². The second-order valence-corrected chi connectivity index (χ2v) is 8.15. The summed E-state index contributed by atoms with van der Waals surface area (Å²) in [5.74, 6) is 0.834. The lowest BCUT2D eigenvalue weighted by Crippen LogP contribution is -2.43. The number of likely N-dealkylation sites (tertiary alicyclic amines) is 1. The first-order valence-corrected chi connectivity index (χ1v) is 10.1. The zero-order valence-corrected chi connectivity index (χ0v) is 16.6. The summed E-state index contributed by atoms with van der Waals surface area (Å²) in [6, 6.07) is 9.06. The quantitative estimate of drug-likeness (QED) is 0.662. The van der Waals surface area contributed by atoms with Crippen molar-refractivity contribution in [2.45, 2.75) is 58.4 Å². The second kappa shape index (κ2) is 10.2. The van der Waals surface area contributed by atoms with E-state index in [2.05, 4.69) is 64.3 Å². The summed E-state index contributed by atoms with van der Waals surface area (Å²) in [6.07, 6.45) is 6.23. The van der Waals surface area contributed by atoms with Crippen molar-refractivity contribution in [3.63, 3.8) is 0 Å². The average Bonchev–Trinajstić information content (AvgIpc) is 2.58. The molecule has 1 heterocycles. The van der Waals surface area contributed by atoms with Crippen LogP contribution in [0.4, 0.5) is 0 Å². The van der Waals surface area contributed by atoms with E-state index in [1.807, 2.05) is 0 Å². The Kier molecular flexibility index (Phi) is 8.26. The first-order valence-electron chi connectivity index (χ1n) is 9.30. The number of benzene rings is 1. The van der Waals surface area contributed by atoms with Gasteiger partial charge in [-0.25, -0.2) is 0 Å². The molecule has 1 unspecified atom stereocenters. The highest BCUT2D eigenvalue weighted by Gasteiger charge is 2.21. The number of aryl methyl sites for hydroxylation is 1. The minimum absolute atomic E-state index is 0.215. The Hall–Kier alpha value is -0.870. The molecule has 1 N–H and O–H groups in total. The van der Waals surface area contributed by atoms with Crippen LogP contribution in [0, 0.1) is 5.92 Å². The van der Waals surface area contributed by atoms with Gasteiger partial charge >= 0.3 is 0 Å². The first-order chi connectivity index (χ1) is 11.5. The van der Waals surface area contributed by atoms with Gasteiger partial charge in [-0.2, -0.15) is 0 Å². The van der Waals surface area contributed by atoms with Crippen molar-refractivity contribution in [3.05, 3.63) is 34.3 Å². The Balaban J connectivity index is 1.57. The van der Waals surface area contributed by atoms with Crippen molar-refractivity contribution in [1.29, 1.82) is 0 Å². The molecule has 1 saturated heterocycles. The standard InChI is InChI=1S/C20H31BrN2O/c1-16(2)23-13-5-7-18(15-23)14-22-20(24)8-4-3-6-17-9-11-19(21)12-10-17/h9-12,16,18H,3-8,13-15H2,1-2H3,(H,22,24). The van der Waals surface area contributed by atoms with Crippen LogP contribution < -0.4 is 5.32 Å². The molecule has 1 aromatic rings. The zero-order chi connectivity index (χ0) is 17.4. The molecule has 4 heteroatoms. The Morgan fingerprint density at radius 3 is 2.75 bits per heavy atom. The first kappa shape index (κ1) is 19.5. The van der Waals surface area contributed by atoms with E-state index in [4.69, 9.17) is 0 Å². The van der Waals surface area contributed by atoms with Gasteiger partial charge in [-0.3, -0.25) is 4.79 Å². The normalized spacial score (nSPS) is 18.8. The molecule has 1 atom stereocenters. The molecule has 134 valence electrons. The molecule has 1 aliphatic rings. The summed E-state index contributed by atoms with van der Waals surface area (Å²) in [6.45, 7) is 7.69. The number of amides is 1. The summed E-state index contributed by atoms with van der Waals surface area (Å²) in [5, 5.41) is 3.15. The maximum atomic E-state index is 12.0. The van der Waals surface area contributed by atoms with Crippen LogP contribution in [-0.2, 0) is 11.2 Å². The average molecular weight is 395 g/mol. The number of hydrogen-bond donors (Lipinski definition) is 1. The molecule has 0 aliphatic carbocycles. The molecule has 1 amide bonds. The van der Waals surface area contributed by atoms with E-state index in [0.29, 0.717) is 18.4 Å². The van der Waals surface area contributed by atoms with Gasteiger partial charge in [-0.15, -0.1) is 0 Å². The highest BCUT2D eigenvalue weighted by molar-refractivity contribution is 9.10. The van der Waals surface area contributed by atoms with Crippen molar-refractivity contribution in [2.24, 2.45) is 5.92 Å². The van der Waals surface area contributed by atoms with Gasteiger partial charge in [0.25, 0.3) is 0 Å². The van der Waals surface area contributed by atoms with Crippen molar-refractivity contribution < 1.29 is 4.79 Å². The van der Waals surface area contributed by atoms with Crippen LogP contribution >= 0.6 is 15.9 Å². The van der Waals surface area contributed by atoms with Crippen molar-refractivity contribution >= 4 is 21.8 Å². The Labute approximate surface area is 155 Å². The van der Waals surface area contributed by atoms with Crippen LogP contribution in [0.25, 0.3) is 0 Å². The fourth-order valence-electron chi connectivity index (χ4n) is 3.35. The van der Waals surface area contributed by atoms with Crippen LogP contribution in [-0.4, -0.2) is 36.5 Å². The second-order valence-electron chi connectivity index (χ2n) is 7.23. The molecule has 1 aliphatic heterocycles. The van der Waals surface area contributed by atoms with E-state index in [-0.39, 0.29) is 5.91 Å². The molecule has 1 aromatic carbocycles. The van der Waals surface area contributed by atoms with Gasteiger partial charge in [0.1, 0.15) is 0 Å². The number of rotatable bonds is 8. The number of nitrogens with zero attached hydrogens (tertiary/aromatic N) is 1. The number of halogens is 1. The van der Waals surface area contributed by atoms with Gasteiger partial charge in [0.05, 0.1) is 0 Å². The van der Waals surface area contributed by atoms with Crippen LogP contribution in [0.2, 0.25) is 0 Å². The van der Waals surface area contributed by atoms with E-state index in [0.717, 1.165) is 36.8 Å². The summed E-state index contributed by atoms with van der Waals surface area (Å²) < 4.78 is 1.12. The van der Waals surface area contributed by atoms with Crippen LogP contribution in [0.1, 0.15) is 51.5 Å². The molecule has 0 saturated carbocycles. The highest BCUT2D eigenvalue weighted by Crippen LogP contribution is 2.18. The molecule has 0 bridgehead atoms. The lowest BCUT2D eigenvalue weighted by Gasteiger charge is -2.35. The van der Waals surface area contributed by atoms with E-state index in [9.17, 15) is 4.79 Å². The third-order valence-electron chi connectivity index (χ3n) is 4.90. The SMILES string of the molecule is CC(C)N1CCCC(CNC(=O)CCCCc2ccc(Br)cc2)C1. The van der Waals surface area contributed by atoms with E-state index in [1.165, 1.54) is 24.9 Å². The van der Waals surface area contributed by atoms with Gasteiger partial charge < -0.3 is 10.2 Å². The predicted molar refractivity (Wildman–Crippen MR) is 104 cm³/mol. The number of carbonyl (C=O) groups excluding carboxylic acids is 1. The van der Waals surface area contributed by atoms with Crippen LogP contribution in [0.15, 0.2) is 28.7 Å². The molecule has 0 spiro atoms. The van der Waals surface area contributed by atoms with Crippen molar-refractivity contribution in [3.8, 4) is 0 Å². The molecule has 24 heavy (non-hydrogen) atoms. The van der Waals surface area contributed by atoms with Gasteiger partial charge in [0.2, 0.25) is 5.91 Å². The van der Waals surface area contributed by atoms with E-state index >= 15 is 0 Å². The molecular weight excluding hydrogens is 364 g/mol. The molecule has 2 rings (SSSR count). The summed E-state index contributed by atoms with van der Waals surface area (Å²) >= 11 is 3.45. The molecule has 3 nitrogen and oxygen atoms in total. The Morgan fingerprint density at radius 1 is 1.29 bits per heavy atom. The third kappa shape index (κ3) is 6.94. The minimum atomic E-state index is 0.215. The largest absolute Gasteiger partial charge is 0.356 e. The Morgan fingerprint density at radius 2 is 2.04 bits per heavy atom. The van der Waals surface area contributed by atoms with Crippen LogP contribution in [0.3, 0.4) is 0 Å². The van der Waals surface area contributed by atoms with E-state index in [1.54, 1.807) is 0 Å². The summed E-state index contributed by atoms with van der Waals surface area (Å²) in [4.78, 5) is 14.6. The lowest BCUT2D eigenvalue weighted by atomic mass is 9.97. The predicted octanol–water partition coefficient (Wildman–Crippen LogP) is 4.40. The number of carbonyl (C=O) groups is 1. The van der Waals surface area contributed by atoms with Crippen molar-refractivity contribution in [2.75, 3.05) is 19.6 Å². The Bertz CT molecular complexity index is 501. The fraction of sp³-hybridized carbons (Fsp3) is 0.650. The number of nitrogens with one attached hydrogen (secondary N) is 1. The van der Waals surface area contributed by atoms with E-state index < -0.39 is 0 Å². The maximum absolute atomic E-state index is 12.0. The highest BCUT2D eigenvalue weighted by atomic mass is 79.9. The fourth-order valence-corrected chi connectivity index (χ4v) is 3.61. The number of hydrogen-bond acceptors (Lipinski definition) is 2. The molecule has 1 fully saturated rings. The number of unbranched alkanes of at least 4 members (excludes halogenated alkanes) is 1. The monoisotopic (exact) mass is 394 g/mol. The van der Waals surface area contributed by atoms with Crippen LogP contribution in [0.5, 0.6) is 0 Å². The van der Waals surface area contributed by atoms with Crippen molar-refractivity contribution in [1.82, 2.24) is 10.2 Å². The maximum Gasteiger partial charge on any atom is 0.220 e. The summed E-state index contributed by atoms with van der Waals surface area (Å²) in [5.41, 5.74) is 1.34. The minimum Gasteiger partial charge on any atom is -0.356 e. The van der Waals surface area contributed by atoms with Gasteiger partial charge in [0, 0.05) is 30.0 Å². The lowest BCUT2D eigenvalue weighted by molar-refractivity contribution is -0.121. The number of piperidine rings is 1. The molecular formula is C20H31BrN2O. The van der Waals surface area contributed by atoms with Gasteiger partial charge in [0.15, 0.2) is 0 Å². The smallest absolute Gasteiger partial charge is 0.220 e. The zero-order valence-electron chi connectivity index (χ0n) is 15.1. The third-order valence-corrected chi connectivity index (χ3v) is 5.43. The molecule has 0 aromatic heterocycles. The molecule has 0 radical (unpaired) electrons.